The number of aryl methyl sites for hydroxylation is 1. The van der Waals surface area contributed by atoms with Gasteiger partial charge in [-0.15, -0.1) is 0 Å². The first kappa shape index (κ1) is 8.62. The Bertz CT molecular complexity index is 504. The topological polar surface area (TPSA) is 75.7 Å². The molecule has 0 fully saturated rings. The molecular weight excluding hydrogens is 176 g/mol. The SMILES string of the molecule is Cc1cnc2cnc(C(=N)N)cc2c1. The summed E-state index contributed by atoms with van der Waals surface area (Å²) < 4.78 is 0. The van der Waals surface area contributed by atoms with Crippen molar-refractivity contribution in [2.45, 2.75) is 6.92 Å². The predicted octanol–water partition coefficient (Wildman–Crippen LogP) is 1.22. The van der Waals surface area contributed by atoms with Gasteiger partial charge in [-0.1, -0.05) is 0 Å². The van der Waals surface area contributed by atoms with Gasteiger partial charge in [0.1, 0.15) is 11.5 Å². The van der Waals surface area contributed by atoms with Crippen LogP contribution in [0.25, 0.3) is 10.9 Å². The van der Waals surface area contributed by atoms with E-state index < -0.39 is 0 Å². The number of fused-ring (bicyclic) bond motifs is 1. The number of hydrogen-bond acceptors (Lipinski definition) is 3. The lowest BCUT2D eigenvalue weighted by Gasteiger charge is -2.00. The molecule has 4 nitrogen and oxygen atoms in total. The number of rotatable bonds is 1. The van der Waals surface area contributed by atoms with Crippen molar-refractivity contribution in [1.29, 1.82) is 5.41 Å². The predicted molar refractivity (Wildman–Crippen MR) is 55.3 cm³/mol. The molecule has 0 radical (unpaired) electrons. The zero-order chi connectivity index (χ0) is 10.1. The maximum atomic E-state index is 7.26. The summed E-state index contributed by atoms with van der Waals surface area (Å²) in [5.41, 5.74) is 7.74. The van der Waals surface area contributed by atoms with Gasteiger partial charge < -0.3 is 5.73 Å². The molecule has 0 saturated carbocycles. The zero-order valence-electron chi connectivity index (χ0n) is 7.78. The summed E-state index contributed by atoms with van der Waals surface area (Å²) in [5, 5.41) is 8.22. The maximum absolute atomic E-state index is 7.26. The number of aromatic nitrogens is 2. The van der Waals surface area contributed by atoms with Gasteiger partial charge in [-0.2, -0.15) is 0 Å². The first-order valence-electron chi connectivity index (χ1n) is 4.23. The monoisotopic (exact) mass is 186 g/mol. The number of nitrogens with zero attached hydrogens (tertiary/aromatic N) is 2. The molecule has 0 atom stereocenters. The molecular formula is C10H10N4. The summed E-state index contributed by atoms with van der Waals surface area (Å²) in [6.07, 6.45) is 3.42. The van der Waals surface area contributed by atoms with Crippen LogP contribution in [0.5, 0.6) is 0 Å². The van der Waals surface area contributed by atoms with Gasteiger partial charge in [-0.25, -0.2) is 0 Å². The van der Waals surface area contributed by atoms with Crippen molar-refractivity contribution in [3.8, 4) is 0 Å². The van der Waals surface area contributed by atoms with Crippen molar-refractivity contribution in [2.24, 2.45) is 5.73 Å². The van der Waals surface area contributed by atoms with Crippen molar-refractivity contribution in [2.75, 3.05) is 0 Å². The molecule has 0 bridgehead atoms. The molecule has 14 heavy (non-hydrogen) atoms. The van der Waals surface area contributed by atoms with E-state index in [1.165, 1.54) is 0 Å². The molecule has 3 N–H and O–H groups in total. The minimum atomic E-state index is -0.0200. The van der Waals surface area contributed by atoms with Gasteiger partial charge in [-0.05, 0) is 24.6 Å². The molecule has 2 aromatic rings. The Balaban J connectivity index is 2.69. The highest BCUT2D eigenvalue weighted by atomic mass is 14.8. The van der Waals surface area contributed by atoms with Crippen molar-refractivity contribution in [3.63, 3.8) is 0 Å². The normalized spacial score (nSPS) is 10.4. The summed E-state index contributed by atoms with van der Waals surface area (Å²) in [4.78, 5) is 8.23. The van der Waals surface area contributed by atoms with Gasteiger partial charge in [0.05, 0.1) is 11.7 Å². The summed E-state index contributed by atoms with van der Waals surface area (Å²) in [7, 11) is 0. The Morgan fingerprint density at radius 3 is 2.79 bits per heavy atom. The second-order valence-corrected chi connectivity index (χ2v) is 3.19. The lowest BCUT2D eigenvalue weighted by atomic mass is 10.2. The number of nitrogens with two attached hydrogens (primary N) is 1. The third-order valence-corrected chi connectivity index (χ3v) is 1.98. The number of pyridine rings is 2. The number of hydrogen-bond donors (Lipinski definition) is 2. The molecule has 4 heteroatoms. The van der Waals surface area contributed by atoms with Crippen LogP contribution in [0.1, 0.15) is 11.3 Å². The van der Waals surface area contributed by atoms with E-state index in [-0.39, 0.29) is 5.84 Å². The molecule has 0 spiro atoms. The highest BCUT2D eigenvalue weighted by Crippen LogP contribution is 2.12. The number of nitrogen functional groups attached to an aromatic ring is 1. The van der Waals surface area contributed by atoms with Crippen LogP contribution in [0.2, 0.25) is 0 Å². The average molecular weight is 186 g/mol. The first-order valence-corrected chi connectivity index (χ1v) is 4.23. The maximum Gasteiger partial charge on any atom is 0.141 e. The fraction of sp³-hybridized carbons (Fsp3) is 0.100. The lowest BCUT2D eigenvalue weighted by Crippen LogP contribution is -2.12. The molecule has 0 aliphatic rings. The van der Waals surface area contributed by atoms with Crippen LogP contribution < -0.4 is 5.73 Å². The van der Waals surface area contributed by atoms with Crippen LogP contribution in [0.4, 0.5) is 0 Å². The largest absolute Gasteiger partial charge is 0.382 e. The van der Waals surface area contributed by atoms with Gasteiger partial charge in [0.2, 0.25) is 0 Å². The minimum Gasteiger partial charge on any atom is -0.382 e. The standard InChI is InChI=1S/C10H10N4/c1-6-2-7-3-8(10(11)12)14-5-9(7)13-4-6/h2-5H,1H3,(H3,11,12). The Hall–Kier alpha value is -1.97. The highest BCUT2D eigenvalue weighted by Gasteiger charge is 2.01. The van der Waals surface area contributed by atoms with Gasteiger partial charge in [0, 0.05) is 11.6 Å². The van der Waals surface area contributed by atoms with Crippen LogP contribution in [0.15, 0.2) is 24.5 Å². The summed E-state index contributed by atoms with van der Waals surface area (Å²) in [6, 6.07) is 3.77. The van der Waals surface area contributed by atoms with E-state index >= 15 is 0 Å². The summed E-state index contributed by atoms with van der Waals surface area (Å²) in [6.45, 7) is 1.97. The van der Waals surface area contributed by atoms with E-state index in [0.29, 0.717) is 5.69 Å². The second kappa shape index (κ2) is 3.06. The van der Waals surface area contributed by atoms with E-state index in [9.17, 15) is 0 Å². The van der Waals surface area contributed by atoms with Crippen LogP contribution in [-0.4, -0.2) is 15.8 Å². The molecule has 0 amide bonds. The molecule has 0 aromatic carbocycles. The third kappa shape index (κ3) is 1.42. The highest BCUT2D eigenvalue weighted by molar-refractivity contribution is 5.96. The fourth-order valence-corrected chi connectivity index (χ4v) is 1.29. The Labute approximate surface area is 81.3 Å². The van der Waals surface area contributed by atoms with E-state index in [1.807, 2.05) is 13.0 Å². The molecule has 0 aliphatic heterocycles. The molecule has 0 unspecified atom stereocenters. The van der Waals surface area contributed by atoms with Crippen LogP contribution in [-0.2, 0) is 0 Å². The average Bonchev–Trinajstić information content (AvgIpc) is 2.16. The van der Waals surface area contributed by atoms with Crippen LogP contribution >= 0.6 is 0 Å². The van der Waals surface area contributed by atoms with Crippen molar-refractivity contribution in [3.05, 3.63) is 35.8 Å². The fourth-order valence-electron chi connectivity index (χ4n) is 1.29. The Morgan fingerprint density at radius 1 is 1.29 bits per heavy atom. The van der Waals surface area contributed by atoms with Crippen molar-refractivity contribution in [1.82, 2.24) is 9.97 Å². The number of amidine groups is 1. The second-order valence-electron chi connectivity index (χ2n) is 3.19. The summed E-state index contributed by atoms with van der Waals surface area (Å²) in [5.74, 6) is -0.0200. The smallest absolute Gasteiger partial charge is 0.141 e. The molecule has 0 saturated heterocycles. The first-order chi connectivity index (χ1) is 6.66. The zero-order valence-corrected chi connectivity index (χ0v) is 7.78. The van der Waals surface area contributed by atoms with Crippen LogP contribution in [0.3, 0.4) is 0 Å². The van der Waals surface area contributed by atoms with E-state index in [4.69, 9.17) is 11.1 Å². The van der Waals surface area contributed by atoms with Gasteiger partial charge in [-0.3, -0.25) is 15.4 Å². The molecule has 70 valence electrons. The molecule has 2 aromatic heterocycles. The van der Waals surface area contributed by atoms with Crippen LogP contribution in [0, 0.1) is 12.3 Å². The summed E-state index contributed by atoms with van der Waals surface area (Å²) >= 11 is 0. The quantitative estimate of drug-likeness (QED) is 0.519. The third-order valence-electron chi connectivity index (χ3n) is 1.98. The molecule has 2 heterocycles. The Morgan fingerprint density at radius 2 is 2.07 bits per heavy atom. The van der Waals surface area contributed by atoms with Gasteiger partial charge >= 0.3 is 0 Å². The van der Waals surface area contributed by atoms with E-state index in [1.54, 1.807) is 18.5 Å². The van der Waals surface area contributed by atoms with E-state index in [0.717, 1.165) is 16.5 Å². The Kier molecular flexibility index (Phi) is 1.89. The molecule has 2 rings (SSSR count). The van der Waals surface area contributed by atoms with E-state index in [2.05, 4.69) is 9.97 Å². The van der Waals surface area contributed by atoms with Gasteiger partial charge in [0.15, 0.2) is 0 Å². The number of nitrogens with one attached hydrogen (secondary N) is 1. The van der Waals surface area contributed by atoms with Gasteiger partial charge in [0.25, 0.3) is 0 Å². The molecule has 0 aliphatic carbocycles. The van der Waals surface area contributed by atoms with Crippen molar-refractivity contribution >= 4 is 16.7 Å². The lowest BCUT2D eigenvalue weighted by molar-refractivity contribution is 1.24. The minimum absolute atomic E-state index is 0.0200. The van der Waals surface area contributed by atoms with Crippen molar-refractivity contribution < 1.29 is 0 Å².